The Morgan fingerprint density at radius 3 is 2.90 bits per heavy atom. The second kappa shape index (κ2) is 8.23. The van der Waals surface area contributed by atoms with E-state index < -0.39 is 0 Å². The summed E-state index contributed by atoms with van der Waals surface area (Å²) in [6.45, 7) is 6.01. The molecule has 1 aromatic rings. The lowest BCUT2D eigenvalue weighted by atomic mass is 10.2. The third-order valence-corrected chi connectivity index (χ3v) is 2.82. The SMILES string of the molecule is C=CCNC(=O)COc1c(Br)cc(C#N)cc1OCC. The van der Waals surface area contributed by atoms with Gasteiger partial charge in [0.15, 0.2) is 18.1 Å². The van der Waals surface area contributed by atoms with Crippen molar-refractivity contribution in [1.29, 1.82) is 5.26 Å². The number of amides is 1. The molecule has 0 saturated heterocycles. The van der Waals surface area contributed by atoms with Crippen molar-refractivity contribution >= 4 is 21.8 Å². The van der Waals surface area contributed by atoms with Gasteiger partial charge in [-0.15, -0.1) is 6.58 Å². The van der Waals surface area contributed by atoms with E-state index in [9.17, 15) is 4.79 Å². The van der Waals surface area contributed by atoms with E-state index in [2.05, 4.69) is 27.8 Å². The molecular weight excluding hydrogens is 324 g/mol. The normalized spacial score (nSPS) is 9.45. The van der Waals surface area contributed by atoms with Crippen LogP contribution in [0.25, 0.3) is 0 Å². The number of halogens is 1. The molecular formula is C14H15BrN2O3. The van der Waals surface area contributed by atoms with Crippen LogP contribution in [-0.2, 0) is 4.79 Å². The van der Waals surface area contributed by atoms with E-state index in [1.54, 1.807) is 18.2 Å². The smallest absolute Gasteiger partial charge is 0.258 e. The Labute approximate surface area is 126 Å². The van der Waals surface area contributed by atoms with Crippen LogP contribution >= 0.6 is 15.9 Å². The van der Waals surface area contributed by atoms with Crippen LogP contribution in [0.1, 0.15) is 12.5 Å². The molecule has 0 spiro atoms. The van der Waals surface area contributed by atoms with Crippen LogP contribution in [0.5, 0.6) is 11.5 Å². The Kier molecular flexibility index (Phi) is 6.60. The third kappa shape index (κ3) is 4.59. The molecule has 20 heavy (non-hydrogen) atoms. The van der Waals surface area contributed by atoms with Crippen molar-refractivity contribution < 1.29 is 14.3 Å². The summed E-state index contributed by atoms with van der Waals surface area (Å²) in [5.74, 6) is 0.568. The zero-order chi connectivity index (χ0) is 15.0. The topological polar surface area (TPSA) is 71.3 Å². The summed E-state index contributed by atoms with van der Waals surface area (Å²) in [6.07, 6.45) is 1.58. The second-order valence-electron chi connectivity index (χ2n) is 3.71. The third-order valence-electron chi connectivity index (χ3n) is 2.23. The van der Waals surface area contributed by atoms with Gasteiger partial charge in [-0.05, 0) is 28.9 Å². The zero-order valence-electron chi connectivity index (χ0n) is 11.1. The van der Waals surface area contributed by atoms with E-state index in [1.165, 1.54) is 0 Å². The predicted molar refractivity (Wildman–Crippen MR) is 78.7 cm³/mol. The molecule has 0 aliphatic heterocycles. The predicted octanol–water partition coefficient (Wildman–Crippen LogP) is 2.40. The van der Waals surface area contributed by atoms with Crippen LogP contribution < -0.4 is 14.8 Å². The largest absolute Gasteiger partial charge is 0.490 e. The highest BCUT2D eigenvalue weighted by Gasteiger charge is 2.13. The minimum Gasteiger partial charge on any atom is -0.490 e. The Bertz CT molecular complexity index is 538. The molecule has 0 unspecified atom stereocenters. The lowest BCUT2D eigenvalue weighted by molar-refractivity contribution is -0.122. The van der Waals surface area contributed by atoms with Crippen molar-refractivity contribution in [1.82, 2.24) is 5.32 Å². The van der Waals surface area contributed by atoms with Gasteiger partial charge in [0.2, 0.25) is 0 Å². The molecule has 0 heterocycles. The Morgan fingerprint density at radius 2 is 2.30 bits per heavy atom. The fourth-order valence-corrected chi connectivity index (χ4v) is 1.97. The van der Waals surface area contributed by atoms with Gasteiger partial charge in [-0.3, -0.25) is 4.79 Å². The number of hydrogen-bond acceptors (Lipinski definition) is 4. The van der Waals surface area contributed by atoms with Gasteiger partial charge >= 0.3 is 0 Å². The number of rotatable bonds is 7. The number of hydrogen-bond donors (Lipinski definition) is 1. The number of nitriles is 1. The van der Waals surface area contributed by atoms with E-state index in [1.807, 2.05) is 13.0 Å². The summed E-state index contributed by atoms with van der Waals surface area (Å²) in [4.78, 5) is 11.5. The molecule has 106 valence electrons. The average molecular weight is 339 g/mol. The van der Waals surface area contributed by atoms with Crippen LogP contribution in [0.2, 0.25) is 0 Å². The average Bonchev–Trinajstić information content (AvgIpc) is 2.44. The highest BCUT2D eigenvalue weighted by molar-refractivity contribution is 9.10. The summed E-state index contributed by atoms with van der Waals surface area (Å²) >= 11 is 3.31. The fraction of sp³-hybridized carbons (Fsp3) is 0.286. The molecule has 0 saturated carbocycles. The first kappa shape index (κ1) is 16.1. The summed E-state index contributed by atoms with van der Waals surface area (Å²) in [7, 11) is 0. The van der Waals surface area contributed by atoms with Gasteiger partial charge < -0.3 is 14.8 Å². The van der Waals surface area contributed by atoms with Crippen LogP contribution in [0.15, 0.2) is 29.3 Å². The van der Waals surface area contributed by atoms with E-state index in [-0.39, 0.29) is 12.5 Å². The monoisotopic (exact) mass is 338 g/mol. The van der Waals surface area contributed by atoms with Crippen LogP contribution in [0.3, 0.4) is 0 Å². The Balaban J connectivity index is 2.85. The highest BCUT2D eigenvalue weighted by Crippen LogP contribution is 2.36. The fourth-order valence-electron chi connectivity index (χ4n) is 1.41. The van der Waals surface area contributed by atoms with E-state index >= 15 is 0 Å². The summed E-state index contributed by atoms with van der Waals surface area (Å²) in [6, 6.07) is 5.22. The number of nitrogens with one attached hydrogen (secondary N) is 1. The molecule has 1 N–H and O–H groups in total. The van der Waals surface area contributed by atoms with E-state index in [0.717, 1.165) is 0 Å². The van der Waals surface area contributed by atoms with Crippen LogP contribution in [0.4, 0.5) is 0 Å². The highest BCUT2D eigenvalue weighted by atomic mass is 79.9. The van der Waals surface area contributed by atoms with Crippen molar-refractivity contribution in [3.8, 4) is 17.6 Å². The van der Waals surface area contributed by atoms with Crippen molar-refractivity contribution in [2.75, 3.05) is 19.8 Å². The molecule has 0 radical (unpaired) electrons. The van der Waals surface area contributed by atoms with Gasteiger partial charge in [0.25, 0.3) is 5.91 Å². The molecule has 1 aromatic carbocycles. The maximum atomic E-state index is 11.5. The van der Waals surface area contributed by atoms with Gasteiger partial charge in [0.05, 0.1) is 22.7 Å². The molecule has 0 atom stereocenters. The van der Waals surface area contributed by atoms with E-state index in [0.29, 0.717) is 34.7 Å². The first-order valence-corrected chi connectivity index (χ1v) is 6.78. The van der Waals surface area contributed by atoms with Gasteiger partial charge in [-0.25, -0.2) is 0 Å². The maximum Gasteiger partial charge on any atom is 0.258 e. The number of ether oxygens (including phenoxy) is 2. The maximum absolute atomic E-state index is 11.5. The number of benzene rings is 1. The lowest BCUT2D eigenvalue weighted by Gasteiger charge is -2.13. The van der Waals surface area contributed by atoms with Gasteiger partial charge in [-0.2, -0.15) is 5.26 Å². The first-order chi connectivity index (χ1) is 9.62. The molecule has 5 nitrogen and oxygen atoms in total. The zero-order valence-corrected chi connectivity index (χ0v) is 12.7. The summed E-state index contributed by atoms with van der Waals surface area (Å²) in [5, 5.41) is 11.5. The molecule has 0 bridgehead atoms. The number of carbonyl (C=O) groups excluding carboxylic acids is 1. The van der Waals surface area contributed by atoms with Crippen molar-refractivity contribution in [2.24, 2.45) is 0 Å². The number of carbonyl (C=O) groups is 1. The summed E-state index contributed by atoms with van der Waals surface area (Å²) < 4.78 is 11.4. The molecule has 0 aromatic heterocycles. The van der Waals surface area contributed by atoms with Gasteiger partial charge in [0.1, 0.15) is 0 Å². The minimum absolute atomic E-state index is 0.140. The molecule has 6 heteroatoms. The summed E-state index contributed by atoms with van der Waals surface area (Å²) in [5.41, 5.74) is 0.448. The van der Waals surface area contributed by atoms with Crippen LogP contribution in [-0.4, -0.2) is 25.7 Å². The molecule has 0 aliphatic rings. The second-order valence-corrected chi connectivity index (χ2v) is 4.57. The Morgan fingerprint density at radius 1 is 1.55 bits per heavy atom. The van der Waals surface area contributed by atoms with Crippen molar-refractivity contribution in [3.05, 3.63) is 34.8 Å². The van der Waals surface area contributed by atoms with Gasteiger partial charge in [-0.1, -0.05) is 6.08 Å². The van der Waals surface area contributed by atoms with Crippen molar-refractivity contribution in [2.45, 2.75) is 6.92 Å². The van der Waals surface area contributed by atoms with Crippen LogP contribution in [0, 0.1) is 11.3 Å². The molecule has 0 fully saturated rings. The minimum atomic E-state index is -0.261. The standard InChI is InChI=1S/C14H15BrN2O3/c1-3-5-17-13(18)9-20-14-11(15)6-10(8-16)7-12(14)19-4-2/h3,6-7H,1,4-5,9H2,2H3,(H,17,18). The first-order valence-electron chi connectivity index (χ1n) is 5.99. The molecule has 1 rings (SSSR count). The van der Waals surface area contributed by atoms with Crippen molar-refractivity contribution in [3.63, 3.8) is 0 Å². The molecule has 1 amide bonds. The Hall–Kier alpha value is -2.00. The molecule has 0 aliphatic carbocycles. The quantitative estimate of drug-likeness (QED) is 0.775. The van der Waals surface area contributed by atoms with E-state index in [4.69, 9.17) is 14.7 Å². The number of nitrogens with zero attached hydrogens (tertiary/aromatic N) is 1. The lowest BCUT2D eigenvalue weighted by Crippen LogP contribution is -2.28. The van der Waals surface area contributed by atoms with Gasteiger partial charge in [0, 0.05) is 12.6 Å².